The van der Waals surface area contributed by atoms with E-state index in [-0.39, 0.29) is 18.9 Å². The Morgan fingerprint density at radius 2 is 1.61 bits per heavy atom. The van der Waals surface area contributed by atoms with Crippen LogP contribution in [0.3, 0.4) is 0 Å². The Balaban J connectivity index is 2.06. The second-order valence-electron chi connectivity index (χ2n) is 13.8. The molecule has 0 amide bonds. The SMILES string of the molecule is C=CCCCCC(=O)O[C@H]1/C(=C/C(=O)OC)C[C@@H](C[C@H](OCc2ccc(OC)cc2)[C@H](C)OCc2ccccc2)O[C@@]1(OC)C(C)(C)/C=C/C(OC)OC. The lowest BCUT2D eigenvalue weighted by Gasteiger charge is -2.53. The predicted molar refractivity (Wildman–Crippen MR) is 205 cm³/mol. The van der Waals surface area contributed by atoms with Gasteiger partial charge in [-0.2, -0.15) is 0 Å². The van der Waals surface area contributed by atoms with Crippen molar-refractivity contribution in [3.05, 3.63) is 102 Å². The molecule has 11 nitrogen and oxygen atoms in total. The predicted octanol–water partition coefficient (Wildman–Crippen LogP) is 7.67. The molecule has 0 unspecified atom stereocenters. The average molecular weight is 753 g/mol. The van der Waals surface area contributed by atoms with E-state index in [0.29, 0.717) is 31.6 Å². The fourth-order valence-corrected chi connectivity index (χ4v) is 6.43. The molecule has 1 saturated heterocycles. The summed E-state index contributed by atoms with van der Waals surface area (Å²) in [6.07, 6.45) is 6.49. The molecule has 1 heterocycles. The number of hydrogen-bond donors (Lipinski definition) is 0. The number of esters is 2. The third-order valence-electron chi connectivity index (χ3n) is 9.61. The zero-order chi connectivity index (χ0) is 39.6. The summed E-state index contributed by atoms with van der Waals surface area (Å²) in [6.45, 7) is 10.2. The molecule has 0 N–H and O–H groups in total. The maximum absolute atomic E-state index is 13.5. The standard InChI is InChI=1S/C43H60O11/c1-10-11-12-16-19-38(44)53-41-34(27-39(45)47-6)26-36(54-43(41,50-9)42(3,4)25-24-40(48-7)49-8)28-37(31(2)51-29-32-17-14-13-15-18-32)52-30-33-20-22-35(46-5)23-21-33/h10,13-15,17-18,20-25,27,31,36-37,40-41H,1,11-12,16,19,26,28-30H2,2-9H3/b25-24+,34-27+/t31-,36-,37-,41-,43+/m0/s1. The summed E-state index contributed by atoms with van der Waals surface area (Å²) in [5, 5.41) is 0. The number of rotatable bonds is 23. The first-order valence-corrected chi connectivity index (χ1v) is 18.4. The number of ether oxygens (including phenoxy) is 9. The van der Waals surface area contributed by atoms with Crippen molar-refractivity contribution in [3.8, 4) is 5.75 Å². The van der Waals surface area contributed by atoms with Crippen LogP contribution in [-0.2, 0) is 60.7 Å². The minimum atomic E-state index is -1.62. The Kier molecular flexibility index (Phi) is 18.6. The van der Waals surface area contributed by atoms with Crippen LogP contribution in [0.25, 0.3) is 0 Å². The topological polar surface area (TPSA) is 117 Å². The van der Waals surface area contributed by atoms with Crippen molar-refractivity contribution >= 4 is 11.9 Å². The van der Waals surface area contributed by atoms with Crippen LogP contribution in [0.4, 0.5) is 0 Å². The number of methoxy groups -OCH3 is 5. The van der Waals surface area contributed by atoms with Gasteiger partial charge in [0.2, 0.25) is 5.79 Å². The molecular weight excluding hydrogens is 692 g/mol. The molecule has 54 heavy (non-hydrogen) atoms. The van der Waals surface area contributed by atoms with Crippen LogP contribution in [0.2, 0.25) is 0 Å². The Labute approximate surface area is 321 Å². The largest absolute Gasteiger partial charge is 0.497 e. The van der Waals surface area contributed by atoms with E-state index in [9.17, 15) is 9.59 Å². The van der Waals surface area contributed by atoms with Gasteiger partial charge in [-0.1, -0.05) is 68.5 Å². The summed E-state index contributed by atoms with van der Waals surface area (Å²) in [7, 11) is 7.50. The van der Waals surface area contributed by atoms with E-state index in [2.05, 4.69) is 6.58 Å². The monoisotopic (exact) mass is 752 g/mol. The zero-order valence-electron chi connectivity index (χ0n) is 33.2. The molecule has 0 spiro atoms. The van der Waals surface area contributed by atoms with Gasteiger partial charge in [-0.05, 0) is 67.5 Å². The Morgan fingerprint density at radius 3 is 2.22 bits per heavy atom. The van der Waals surface area contributed by atoms with Gasteiger partial charge in [0.05, 0.1) is 45.7 Å². The second-order valence-corrected chi connectivity index (χ2v) is 13.8. The van der Waals surface area contributed by atoms with E-state index < -0.39 is 47.7 Å². The zero-order valence-corrected chi connectivity index (χ0v) is 33.2. The summed E-state index contributed by atoms with van der Waals surface area (Å²) < 4.78 is 53.9. The van der Waals surface area contributed by atoms with E-state index in [1.807, 2.05) is 87.5 Å². The number of carbonyl (C=O) groups excluding carboxylic acids is 2. The van der Waals surface area contributed by atoms with E-state index in [0.717, 1.165) is 29.7 Å². The summed E-state index contributed by atoms with van der Waals surface area (Å²) in [5.41, 5.74) is 1.48. The Bertz CT molecular complexity index is 1480. The number of unbranched alkanes of at least 4 members (excludes halogenated alkanes) is 2. The van der Waals surface area contributed by atoms with E-state index in [4.69, 9.17) is 42.6 Å². The normalized spacial score (nSPS) is 20.9. The second kappa shape index (κ2) is 22.5. The van der Waals surface area contributed by atoms with Crippen molar-refractivity contribution in [1.82, 2.24) is 0 Å². The van der Waals surface area contributed by atoms with Gasteiger partial charge in [0.25, 0.3) is 0 Å². The molecule has 3 rings (SSSR count). The quantitative estimate of drug-likeness (QED) is 0.0366. The van der Waals surface area contributed by atoms with Crippen molar-refractivity contribution in [3.63, 3.8) is 0 Å². The molecule has 0 aliphatic carbocycles. The summed E-state index contributed by atoms with van der Waals surface area (Å²) in [5.74, 6) is -1.92. The van der Waals surface area contributed by atoms with Crippen LogP contribution in [0.15, 0.2) is 91.1 Å². The average Bonchev–Trinajstić information content (AvgIpc) is 3.18. The highest BCUT2D eigenvalue weighted by atomic mass is 16.7. The molecule has 0 aromatic heterocycles. The molecule has 298 valence electrons. The number of benzene rings is 2. The third-order valence-corrected chi connectivity index (χ3v) is 9.61. The van der Waals surface area contributed by atoms with Crippen LogP contribution in [-0.4, -0.2) is 84.0 Å². The van der Waals surface area contributed by atoms with Crippen molar-refractivity contribution in [2.24, 2.45) is 5.41 Å². The molecule has 2 aromatic carbocycles. The van der Waals surface area contributed by atoms with Gasteiger partial charge < -0.3 is 42.6 Å². The van der Waals surface area contributed by atoms with Crippen LogP contribution in [0.1, 0.15) is 70.4 Å². The molecule has 11 heteroatoms. The van der Waals surface area contributed by atoms with Gasteiger partial charge in [0.1, 0.15) is 5.75 Å². The van der Waals surface area contributed by atoms with Crippen molar-refractivity contribution in [2.75, 3.05) is 35.5 Å². The van der Waals surface area contributed by atoms with Gasteiger partial charge in [-0.15, -0.1) is 6.58 Å². The maximum Gasteiger partial charge on any atom is 0.330 e. The summed E-state index contributed by atoms with van der Waals surface area (Å²) in [4.78, 5) is 26.4. The molecular formula is C43H60O11. The fourth-order valence-electron chi connectivity index (χ4n) is 6.43. The fraction of sp³-hybridized carbons (Fsp3) is 0.535. The van der Waals surface area contributed by atoms with Gasteiger partial charge >= 0.3 is 11.9 Å². The molecule has 1 aliphatic heterocycles. The van der Waals surface area contributed by atoms with Crippen molar-refractivity contribution in [2.45, 2.75) is 109 Å². The Morgan fingerprint density at radius 1 is 0.944 bits per heavy atom. The van der Waals surface area contributed by atoms with Gasteiger partial charge in [0, 0.05) is 45.7 Å². The first kappa shape index (κ1) is 44.6. The number of allylic oxidation sites excluding steroid dienone is 1. The number of hydrogen-bond acceptors (Lipinski definition) is 11. The molecule has 1 aliphatic rings. The lowest BCUT2D eigenvalue weighted by molar-refractivity contribution is -0.339. The molecule has 0 saturated carbocycles. The maximum atomic E-state index is 13.5. The summed E-state index contributed by atoms with van der Waals surface area (Å²) in [6, 6.07) is 17.6. The van der Waals surface area contributed by atoms with Gasteiger partial charge in [-0.3, -0.25) is 4.79 Å². The highest BCUT2D eigenvalue weighted by molar-refractivity contribution is 5.83. The lowest BCUT2D eigenvalue weighted by atomic mass is 9.74. The van der Waals surface area contributed by atoms with Gasteiger partial charge in [-0.25, -0.2) is 4.79 Å². The first-order valence-electron chi connectivity index (χ1n) is 18.4. The minimum absolute atomic E-state index is 0.169. The third kappa shape index (κ3) is 12.9. The minimum Gasteiger partial charge on any atom is -0.497 e. The van der Waals surface area contributed by atoms with Crippen LogP contribution < -0.4 is 4.74 Å². The van der Waals surface area contributed by atoms with E-state index in [1.54, 1.807) is 13.2 Å². The van der Waals surface area contributed by atoms with Gasteiger partial charge in [0.15, 0.2) is 12.4 Å². The number of carbonyl (C=O) groups is 2. The van der Waals surface area contributed by atoms with Crippen LogP contribution in [0.5, 0.6) is 5.75 Å². The van der Waals surface area contributed by atoms with Crippen molar-refractivity contribution in [1.29, 1.82) is 0 Å². The highest BCUT2D eigenvalue weighted by Crippen LogP contribution is 2.49. The van der Waals surface area contributed by atoms with Crippen LogP contribution in [0, 0.1) is 5.41 Å². The van der Waals surface area contributed by atoms with Crippen LogP contribution >= 0.6 is 0 Å². The molecule has 2 aromatic rings. The Hall–Kier alpha value is -3.84. The lowest BCUT2D eigenvalue weighted by Crippen LogP contribution is -2.63. The highest BCUT2D eigenvalue weighted by Gasteiger charge is 2.59. The van der Waals surface area contributed by atoms with E-state index in [1.165, 1.54) is 34.5 Å². The van der Waals surface area contributed by atoms with E-state index >= 15 is 0 Å². The van der Waals surface area contributed by atoms with Crippen molar-refractivity contribution < 1.29 is 52.2 Å². The summed E-state index contributed by atoms with van der Waals surface area (Å²) >= 11 is 0. The molecule has 0 bridgehead atoms. The molecule has 0 radical (unpaired) electrons. The first-order chi connectivity index (χ1) is 25.9. The molecule has 5 atom stereocenters. The smallest absolute Gasteiger partial charge is 0.330 e. The molecule has 1 fully saturated rings.